The molecule has 1 spiro atoms. The number of carbonyl (C=O) groups is 1. The minimum absolute atomic E-state index is 0.0893. The molecule has 2 aromatic rings. The van der Waals surface area contributed by atoms with Crippen LogP contribution in [0.15, 0.2) is 24.3 Å². The molecule has 1 aliphatic carbocycles. The van der Waals surface area contributed by atoms with Crippen molar-refractivity contribution in [3.8, 4) is 0 Å². The molecular formula is C22H28N2OS. The third kappa shape index (κ3) is 2.45. The van der Waals surface area contributed by atoms with E-state index in [1.807, 2.05) is 0 Å². The van der Waals surface area contributed by atoms with Crippen molar-refractivity contribution in [1.82, 2.24) is 10.2 Å². The Labute approximate surface area is 159 Å². The zero-order chi connectivity index (χ0) is 18.1. The van der Waals surface area contributed by atoms with Crippen molar-refractivity contribution in [2.24, 2.45) is 5.92 Å². The van der Waals surface area contributed by atoms with Crippen LogP contribution < -0.4 is 5.32 Å². The van der Waals surface area contributed by atoms with Crippen molar-refractivity contribution in [3.05, 3.63) is 34.7 Å². The second kappa shape index (κ2) is 5.56. The Kier molecular flexibility index (Phi) is 3.58. The van der Waals surface area contributed by atoms with Gasteiger partial charge in [0.05, 0.1) is 10.9 Å². The lowest BCUT2D eigenvalue weighted by Crippen LogP contribution is -2.65. The van der Waals surface area contributed by atoms with Gasteiger partial charge in [0.2, 0.25) is 0 Å². The van der Waals surface area contributed by atoms with Crippen molar-refractivity contribution in [1.29, 1.82) is 0 Å². The molecule has 3 nitrogen and oxygen atoms in total. The lowest BCUT2D eigenvalue weighted by Gasteiger charge is -2.52. The van der Waals surface area contributed by atoms with Gasteiger partial charge in [-0.3, -0.25) is 9.69 Å². The van der Waals surface area contributed by atoms with Crippen LogP contribution >= 0.6 is 11.3 Å². The van der Waals surface area contributed by atoms with Gasteiger partial charge in [-0.2, -0.15) is 0 Å². The number of hydrogen-bond donors (Lipinski definition) is 1. The van der Waals surface area contributed by atoms with Gasteiger partial charge >= 0.3 is 0 Å². The Morgan fingerprint density at radius 2 is 1.96 bits per heavy atom. The quantitative estimate of drug-likeness (QED) is 0.843. The lowest BCUT2D eigenvalue weighted by molar-refractivity contribution is -0.00138. The molecule has 26 heavy (non-hydrogen) atoms. The summed E-state index contributed by atoms with van der Waals surface area (Å²) in [6.45, 7) is 9.19. The fraction of sp³-hybridized carbons (Fsp3) is 0.591. The highest BCUT2D eigenvalue weighted by atomic mass is 32.1. The molecule has 6 rings (SSSR count). The van der Waals surface area contributed by atoms with Crippen molar-refractivity contribution >= 4 is 27.3 Å². The van der Waals surface area contributed by atoms with Crippen LogP contribution in [0.25, 0.3) is 10.1 Å². The van der Waals surface area contributed by atoms with Crippen LogP contribution in [0.2, 0.25) is 0 Å². The fourth-order valence-electron chi connectivity index (χ4n) is 5.30. The minimum atomic E-state index is 0.0893. The first-order valence-electron chi connectivity index (χ1n) is 9.97. The van der Waals surface area contributed by atoms with E-state index in [0.717, 1.165) is 4.88 Å². The Morgan fingerprint density at radius 3 is 2.62 bits per heavy atom. The predicted molar refractivity (Wildman–Crippen MR) is 108 cm³/mol. The Balaban J connectivity index is 1.44. The molecule has 1 atom stereocenters. The Hall–Kier alpha value is -1.39. The van der Waals surface area contributed by atoms with Crippen LogP contribution in [0.5, 0.6) is 0 Å². The largest absolute Gasteiger partial charge is 0.346 e. The maximum Gasteiger partial charge on any atom is 0.261 e. The van der Waals surface area contributed by atoms with Gasteiger partial charge < -0.3 is 5.32 Å². The Bertz CT molecular complexity index is 866. The molecule has 1 aromatic carbocycles. The second-order valence-electron chi connectivity index (χ2n) is 9.46. The Morgan fingerprint density at radius 1 is 1.23 bits per heavy atom. The summed E-state index contributed by atoms with van der Waals surface area (Å²) in [6, 6.07) is 8.89. The van der Waals surface area contributed by atoms with E-state index in [1.54, 1.807) is 11.3 Å². The van der Waals surface area contributed by atoms with Gasteiger partial charge in [0.1, 0.15) is 0 Å². The average molecular weight is 369 g/mol. The molecule has 4 heterocycles. The number of piperidine rings is 3. The second-order valence-corrected chi connectivity index (χ2v) is 10.5. The number of hydrogen-bond acceptors (Lipinski definition) is 3. The summed E-state index contributed by atoms with van der Waals surface area (Å²) in [7, 11) is 0. The number of amides is 1. The third-order valence-corrected chi connectivity index (χ3v) is 8.03. The number of fused-ring (bicyclic) bond motifs is 3. The highest BCUT2D eigenvalue weighted by Crippen LogP contribution is 2.53. The summed E-state index contributed by atoms with van der Waals surface area (Å²) in [5.74, 6) is 0.807. The van der Waals surface area contributed by atoms with E-state index in [1.165, 1.54) is 54.4 Å². The van der Waals surface area contributed by atoms with Crippen molar-refractivity contribution in [2.45, 2.75) is 63.5 Å². The van der Waals surface area contributed by atoms with E-state index >= 15 is 0 Å². The first kappa shape index (κ1) is 16.8. The molecule has 4 aliphatic rings. The monoisotopic (exact) mass is 368 g/mol. The number of nitrogens with zero attached hydrogens (tertiary/aromatic N) is 1. The summed E-state index contributed by atoms with van der Waals surface area (Å²) in [5.41, 5.74) is 1.72. The van der Waals surface area contributed by atoms with Gasteiger partial charge in [0.25, 0.3) is 5.91 Å². The van der Waals surface area contributed by atoms with Gasteiger partial charge in [-0.25, -0.2) is 0 Å². The molecule has 138 valence electrons. The molecule has 2 bridgehead atoms. The van der Waals surface area contributed by atoms with Gasteiger partial charge in [-0.15, -0.1) is 11.3 Å². The number of thiophene rings is 1. The predicted octanol–water partition coefficient (Wildman–Crippen LogP) is 4.56. The number of nitrogens with one attached hydrogen (secondary N) is 1. The molecular weight excluding hydrogens is 340 g/mol. The van der Waals surface area contributed by atoms with Crippen molar-refractivity contribution in [2.75, 3.05) is 13.1 Å². The molecule has 3 aliphatic heterocycles. The van der Waals surface area contributed by atoms with Gasteiger partial charge in [-0.1, -0.05) is 39.0 Å². The zero-order valence-electron chi connectivity index (χ0n) is 16.0. The topological polar surface area (TPSA) is 32.3 Å². The van der Waals surface area contributed by atoms with Crippen LogP contribution in [-0.4, -0.2) is 35.5 Å². The molecule has 1 aromatic heterocycles. The summed E-state index contributed by atoms with van der Waals surface area (Å²) in [6.07, 6.45) is 5.00. The molecule has 1 N–H and O–H groups in total. The molecule has 0 radical (unpaired) electrons. The van der Waals surface area contributed by atoms with Crippen molar-refractivity contribution in [3.63, 3.8) is 0 Å². The number of carbonyl (C=O) groups excluding carboxylic acids is 1. The molecule has 1 unspecified atom stereocenters. The van der Waals surface area contributed by atoms with Crippen LogP contribution in [0.3, 0.4) is 0 Å². The standard InChI is InChI=1S/C22H28N2OS/c1-21(2,3)16-6-4-5-15-13-17(26-18(15)16)20(25)23-19-14-7-11-24(12-8-14)22(19)9-10-22/h4-6,13-14,19H,7-12H2,1-3H3,(H,23,25). The smallest absolute Gasteiger partial charge is 0.261 e. The van der Waals surface area contributed by atoms with E-state index in [-0.39, 0.29) is 11.3 Å². The highest BCUT2D eigenvalue weighted by molar-refractivity contribution is 7.21. The zero-order valence-corrected chi connectivity index (χ0v) is 16.8. The molecule has 1 saturated carbocycles. The van der Waals surface area contributed by atoms with Crippen LogP contribution in [0, 0.1) is 5.92 Å². The molecule has 3 saturated heterocycles. The summed E-state index contributed by atoms with van der Waals surface area (Å²) in [5, 5.41) is 4.67. The van der Waals surface area contributed by atoms with Gasteiger partial charge in [0, 0.05) is 10.2 Å². The molecule has 4 heteroatoms. The average Bonchev–Trinajstić information content (AvgIpc) is 3.26. The van der Waals surface area contributed by atoms with Crippen LogP contribution in [-0.2, 0) is 5.41 Å². The van der Waals surface area contributed by atoms with E-state index in [4.69, 9.17) is 0 Å². The van der Waals surface area contributed by atoms with E-state index < -0.39 is 0 Å². The van der Waals surface area contributed by atoms with Gasteiger partial charge in [-0.05, 0) is 67.1 Å². The first-order chi connectivity index (χ1) is 12.4. The van der Waals surface area contributed by atoms with Crippen LogP contribution in [0.4, 0.5) is 0 Å². The maximum atomic E-state index is 13.1. The van der Waals surface area contributed by atoms with Gasteiger partial charge in [0.15, 0.2) is 0 Å². The molecule has 1 amide bonds. The third-order valence-electron chi connectivity index (χ3n) is 6.84. The molecule has 4 fully saturated rings. The van der Waals surface area contributed by atoms with Crippen molar-refractivity contribution < 1.29 is 4.79 Å². The van der Waals surface area contributed by atoms with E-state index in [2.05, 4.69) is 55.3 Å². The minimum Gasteiger partial charge on any atom is -0.346 e. The summed E-state index contributed by atoms with van der Waals surface area (Å²) < 4.78 is 1.26. The lowest BCUT2D eigenvalue weighted by atomic mass is 9.77. The fourth-order valence-corrected chi connectivity index (χ4v) is 6.59. The summed E-state index contributed by atoms with van der Waals surface area (Å²) in [4.78, 5) is 16.6. The van der Waals surface area contributed by atoms with Crippen LogP contribution in [0.1, 0.15) is 61.7 Å². The van der Waals surface area contributed by atoms with E-state index in [9.17, 15) is 4.79 Å². The van der Waals surface area contributed by atoms with E-state index in [0.29, 0.717) is 17.5 Å². The normalized spacial score (nSPS) is 29.3. The summed E-state index contributed by atoms with van der Waals surface area (Å²) >= 11 is 1.66. The SMILES string of the molecule is CC(C)(C)c1cccc2cc(C(=O)NC3C4CCN(CC4)C34CC4)sc12. The maximum absolute atomic E-state index is 13.1. The highest BCUT2D eigenvalue weighted by Gasteiger charge is 2.60. The first-order valence-corrected chi connectivity index (χ1v) is 10.8. The number of benzene rings is 1. The number of rotatable bonds is 2.